The molecule has 0 spiro atoms. The van der Waals surface area contributed by atoms with Crippen molar-refractivity contribution >= 4 is 23.4 Å². The van der Waals surface area contributed by atoms with Crippen LogP contribution in [0.3, 0.4) is 0 Å². The largest absolute Gasteiger partial charge is 0.511 e. The summed E-state index contributed by atoms with van der Waals surface area (Å²) in [7, 11) is 0. The van der Waals surface area contributed by atoms with Crippen molar-refractivity contribution in [3.8, 4) is 11.5 Å². The van der Waals surface area contributed by atoms with Crippen molar-refractivity contribution in [2.24, 2.45) is 5.73 Å². The van der Waals surface area contributed by atoms with Gasteiger partial charge in [-0.2, -0.15) is 0 Å². The van der Waals surface area contributed by atoms with Crippen molar-refractivity contribution in [1.29, 1.82) is 0 Å². The molecule has 154 valence electrons. The normalized spacial score (nSPS) is 12.6. The number of benzene rings is 2. The van der Waals surface area contributed by atoms with Crippen molar-refractivity contribution in [2.75, 3.05) is 6.61 Å². The van der Waals surface area contributed by atoms with E-state index >= 15 is 0 Å². The predicted octanol–water partition coefficient (Wildman–Crippen LogP) is 2.20. The van der Waals surface area contributed by atoms with Gasteiger partial charge in [-0.3, -0.25) is 9.59 Å². The van der Waals surface area contributed by atoms with Crippen molar-refractivity contribution < 1.29 is 29.6 Å². The zero-order valence-electron chi connectivity index (χ0n) is 15.3. The Hall–Kier alpha value is -3.23. The van der Waals surface area contributed by atoms with Crippen molar-refractivity contribution in [3.63, 3.8) is 0 Å². The van der Waals surface area contributed by atoms with E-state index in [1.54, 1.807) is 12.1 Å². The maximum Gasteiger partial charge on any atom is 0.253 e. The Bertz CT molecular complexity index is 918. The summed E-state index contributed by atoms with van der Waals surface area (Å²) in [6, 6.07) is 9.39. The monoisotopic (exact) mass is 420 g/mol. The summed E-state index contributed by atoms with van der Waals surface area (Å²) in [6.07, 6.45) is -1.29. The highest BCUT2D eigenvalue weighted by molar-refractivity contribution is 6.34. The Kier molecular flexibility index (Phi) is 7.46. The first kappa shape index (κ1) is 22.1. The lowest BCUT2D eigenvalue weighted by molar-refractivity contribution is -0.118. The molecule has 9 heteroatoms. The van der Waals surface area contributed by atoms with Crippen LogP contribution >= 0.6 is 11.6 Å². The summed E-state index contributed by atoms with van der Waals surface area (Å²) in [4.78, 5) is 23.4. The standard InChI is InChI=1S/C20H21ClN2O6/c1-11(24)17(9-19(22)27)23-20(28)15-6-5-14(8-16(15)21)29-10-18(26)12-3-2-4-13(25)7-12/h2-8,17-18,24-26H,1,9-10H2,(H2,22,27)(H,23,28)/t17-,18?/m0/s1. The minimum Gasteiger partial charge on any atom is -0.511 e. The number of primary amides is 1. The molecule has 0 aliphatic heterocycles. The first-order valence-corrected chi connectivity index (χ1v) is 8.91. The highest BCUT2D eigenvalue weighted by Crippen LogP contribution is 2.25. The second-order valence-electron chi connectivity index (χ2n) is 6.25. The molecule has 0 saturated heterocycles. The van der Waals surface area contributed by atoms with Gasteiger partial charge < -0.3 is 31.1 Å². The van der Waals surface area contributed by atoms with E-state index in [-0.39, 0.29) is 29.4 Å². The molecule has 0 aromatic heterocycles. The summed E-state index contributed by atoms with van der Waals surface area (Å²) >= 11 is 6.13. The number of hydrogen-bond donors (Lipinski definition) is 5. The van der Waals surface area contributed by atoms with Crippen LogP contribution in [-0.2, 0) is 4.79 Å². The number of carbonyl (C=O) groups excluding carboxylic acids is 2. The molecule has 0 bridgehead atoms. The van der Waals surface area contributed by atoms with Crippen LogP contribution in [0.25, 0.3) is 0 Å². The zero-order chi connectivity index (χ0) is 21.6. The molecule has 0 radical (unpaired) electrons. The summed E-state index contributed by atoms with van der Waals surface area (Å²) in [5.74, 6) is -1.42. The number of carbonyl (C=O) groups is 2. The van der Waals surface area contributed by atoms with Gasteiger partial charge in [0.05, 0.1) is 23.0 Å². The quantitative estimate of drug-likeness (QED) is 0.393. The van der Waals surface area contributed by atoms with Gasteiger partial charge >= 0.3 is 0 Å². The van der Waals surface area contributed by atoms with Crippen LogP contribution in [0.5, 0.6) is 11.5 Å². The topological polar surface area (TPSA) is 142 Å². The number of ether oxygens (including phenoxy) is 1. The van der Waals surface area contributed by atoms with Crippen LogP contribution in [0, 0.1) is 0 Å². The Morgan fingerprint density at radius 3 is 2.55 bits per heavy atom. The summed E-state index contributed by atoms with van der Waals surface area (Å²) < 4.78 is 5.49. The SMILES string of the molecule is C=C(O)[C@H](CC(N)=O)NC(=O)c1ccc(OCC(O)c2cccc(O)c2)cc1Cl. The number of amides is 2. The summed E-state index contributed by atoms with van der Waals surface area (Å²) in [5, 5.41) is 31.6. The van der Waals surface area contributed by atoms with Crippen LogP contribution in [-0.4, -0.2) is 39.8 Å². The summed E-state index contributed by atoms with van der Waals surface area (Å²) in [6.45, 7) is 3.20. The number of aliphatic hydroxyl groups excluding tert-OH is 2. The molecule has 0 saturated carbocycles. The summed E-state index contributed by atoms with van der Waals surface area (Å²) in [5.41, 5.74) is 5.65. The molecular weight excluding hydrogens is 400 g/mol. The molecule has 2 amide bonds. The Balaban J connectivity index is 2.02. The van der Waals surface area contributed by atoms with E-state index in [1.807, 2.05) is 0 Å². The maximum atomic E-state index is 12.4. The third kappa shape index (κ3) is 6.41. The number of nitrogens with one attached hydrogen (secondary N) is 1. The molecule has 1 unspecified atom stereocenters. The number of nitrogens with two attached hydrogens (primary N) is 1. The smallest absolute Gasteiger partial charge is 0.253 e. The first-order valence-electron chi connectivity index (χ1n) is 8.53. The molecular formula is C20H21ClN2O6. The van der Waals surface area contributed by atoms with Crippen molar-refractivity contribution in [1.82, 2.24) is 5.32 Å². The molecule has 0 aliphatic rings. The van der Waals surface area contributed by atoms with Gasteiger partial charge in [0.15, 0.2) is 0 Å². The molecule has 6 N–H and O–H groups in total. The van der Waals surface area contributed by atoms with E-state index < -0.39 is 29.7 Å². The average Bonchev–Trinajstić information content (AvgIpc) is 2.65. The van der Waals surface area contributed by atoms with Crippen LogP contribution in [0.15, 0.2) is 54.8 Å². The highest BCUT2D eigenvalue weighted by atomic mass is 35.5. The average molecular weight is 421 g/mol. The number of aromatic hydroxyl groups is 1. The van der Waals surface area contributed by atoms with Gasteiger partial charge in [-0.15, -0.1) is 0 Å². The molecule has 8 nitrogen and oxygen atoms in total. The molecule has 2 aromatic carbocycles. The second kappa shape index (κ2) is 9.81. The lowest BCUT2D eigenvalue weighted by atomic mass is 10.1. The van der Waals surface area contributed by atoms with Crippen LogP contribution < -0.4 is 15.8 Å². The fraction of sp³-hybridized carbons (Fsp3) is 0.200. The number of phenols is 1. The third-order valence-electron chi connectivity index (χ3n) is 3.96. The second-order valence-corrected chi connectivity index (χ2v) is 6.66. The molecule has 2 aromatic rings. The zero-order valence-corrected chi connectivity index (χ0v) is 16.1. The number of aliphatic hydroxyl groups is 2. The van der Waals surface area contributed by atoms with E-state index in [1.165, 1.54) is 30.3 Å². The van der Waals surface area contributed by atoms with Gasteiger partial charge in [-0.1, -0.05) is 30.3 Å². The Labute approximate surface area is 172 Å². The minimum absolute atomic E-state index is 0.0279. The molecule has 2 atom stereocenters. The van der Waals surface area contributed by atoms with Crippen LogP contribution in [0.2, 0.25) is 5.02 Å². The minimum atomic E-state index is -1.04. The van der Waals surface area contributed by atoms with Gasteiger partial charge in [0.1, 0.15) is 30.0 Å². The van der Waals surface area contributed by atoms with Crippen molar-refractivity contribution in [2.45, 2.75) is 18.6 Å². The van der Waals surface area contributed by atoms with E-state index in [0.717, 1.165) is 0 Å². The fourth-order valence-electron chi connectivity index (χ4n) is 2.46. The maximum absolute atomic E-state index is 12.4. The van der Waals surface area contributed by atoms with Crippen molar-refractivity contribution in [3.05, 3.63) is 71.0 Å². The van der Waals surface area contributed by atoms with E-state index in [4.69, 9.17) is 22.1 Å². The Morgan fingerprint density at radius 2 is 1.97 bits per heavy atom. The van der Waals surface area contributed by atoms with Gasteiger partial charge in [0.25, 0.3) is 5.91 Å². The molecule has 0 fully saturated rings. The lowest BCUT2D eigenvalue weighted by Crippen LogP contribution is -2.39. The molecule has 2 rings (SSSR count). The number of hydrogen-bond acceptors (Lipinski definition) is 6. The van der Waals surface area contributed by atoms with E-state index in [0.29, 0.717) is 11.3 Å². The number of halogens is 1. The molecule has 29 heavy (non-hydrogen) atoms. The van der Waals surface area contributed by atoms with Gasteiger partial charge in [-0.05, 0) is 35.9 Å². The molecule has 0 aliphatic carbocycles. The number of rotatable bonds is 9. The van der Waals surface area contributed by atoms with Gasteiger partial charge in [0, 0.05) is 0 Å². The van der Waals surface area contributed by atoms with E-state index in [9.17, 15) is 24.9 Å². The lowest BCUT2D eigenvalue weighted by Gasteiger charge is -2.17. The van der Waals surface area contributed by atoms with E-state index in [2.05, 4.69) is 11.9 Å². The van der Waals surface area contributed by atoms with Gasteiger partial charge in [-0.25, -0.2) is 0 Å². The molecule has 0 heterocycles. The highest BCUT2D eigenvalue weighted by Gasteiger charge is 2.20. The first-order chi connectivity index (χ1) is 13.7. The third-order valence-corrected chi connectivity index (χ3v) is 4.27. The van der Waals surface area contributed by atoms with Crippen LogP contribution in [0.1, 0.15) is 28.4 Å². The van der Waals surface area contributed by atoms with Crippen LogP contribution in [0.4, 0.5) is 0 Å². The Morgan fingerprint density at radius 1 is 1.24 bits per heavy atom. The number of phenolic OH excluding ortho intramolecular Hbond substituents is 1. The van der Waals surface area contributed by atoms with Gasteiger partial charge in [0.2, 0.25) is 5.91 Å². The predicted molar refractivity (Wildman–Crippen MR) is 107 cm³/mol. The fourth-order valence-corrected chi connectivity index (χ4v) is 2.72.